The molecule has 0 unspecified atom stereocenters. The lowest BCUT2D eigenvalue weighted by atomic mass is 9.91. The lowest BCUT2D eigenvalue weighted by Crippen LogP contribution is -2.41. The van der Waals surface area contributed by atoms with Crippen LogP contribution in [0.15, 0.2) is 48.5 Å². The fourth-order valence-corrected chi connectivity index (χ4v) is 5.48. The van der Waals surface area contributed by atoms with E-state index >= 15 is 0 Å². The molecule has 0 aromatic heterocycles. The van der Waals surface area contributed by atoms with Crippen molar-refractivity contribution in [2.24, 2.45) is 5.92 Å². The molecule has 2 atom stereocenters. The topological polar surface area (TPSA) is 75.7 Å². The van der Waals surface area contributed by atoms with Crippen LogP contribution >= 0.6 is 0 Å². The van der Waals surface area contributed by atoms with Gasteiger partial charge in [0.15, 0.2) is 0 Å². The van der Waals surface area contributed by atoms with Crippen molar-refractivity contribution in [3.63, 3.8) is 0 Å². The number of methoxy groups -OCH3 is 1. The van der Waals surface area contributed by atoms with E-state index in [9.17, 15) is 13.2 Å². The van der Waals surface area contributed by atoms with E-state index in [-0.39, 0.29) is 12.5 Å². The summed E-state index contributed by atoms with van der Waals surface area (Å²) in [6.07, 6.45) is 0.994. The summed E-state index contributed by atoms with van der Waals surface area (Å²) in [5, 5.41) is 2.42. The van der Waals surface area contributed by atoms with Gasteiger partial charge in [0.2, 0.25) is 15.9 Å². The van der Waals surface area contributed by atoms with Crippen LogP contribution in [0.1, 0.15) is 25.8 Å². The second kappa shape index (κ2) is 9.62. The molecule has 1 amide bonds. The Balaban J connectivity index is 1.92. The Morgan fingerprint density at radius 3 is 2.50 bits per heavy atom. The Hall–Kier alpha value is -2.38. The fraction of sp³-hybridized carbons (Fsp3) is 0.435. The number of para-hydroxylation sites is 1. The highest BCUT2D eigenvalue weighted by atomic mass is 32.2. The predicted molar refractivity (Wildman–Crippen MR) is 119 cm³/mol. The van der Waals surface area contributed by atoms with Crippen molar-refractivity contribution >= 4 is 15.9 Å². The third-order valence-corrected chi connectivity index (χ3v) is 8.18. The van der Waals surface area contributed by atoms with E-state index in [0.717, 1.165) is 22.4 Å². The minimum absolute atomic E-state index is 0.105. The van der Waals surface area contributed by atoms with Crippen LogP contribution in [-0.4, -0.2) is 50.6 Å². The van der Waals surface area contributed by atoms with Crippen molar-refractivity contribution in [3.8, 4) is 16.9 Å². The van der Waals surface area contributed by atoms with E-state index in [1.54, 1.807) is 14.0 Å². The average molecular weight is 431 g/mol. The maximum Gasteiger partial charge on any atom is 0.224 e. The third kappa shape index (κ3) is 4.68. The highest BCUT2D eigenvalue weighted by Gasteiger charge is 2.34. The number of carbonyl (C=O) groups excluding carboxylic acids is 1. The van der Waals surface area contributed by atoms with Crippen molar-refractivity contribution in [2.75, 3.05) is 26.7 Å². The van der Waals surface area contributed by atoms with Crippen molar-refractivity contribution in [2.45, 2.75) is 31.9 Å². The molecule has 0 radical (unpaired) electrons. The number of hydrogen-bond donors (Lipinski definition) is 1. The zero-order valence-corrected chi connectivity index (χ0v) is 18.6. The first-order chi connectivity index (χ1) is 14.4. The van der Waals surface area contributed by atoms with Gasteiger partial charge in [-0.3, -0.25) is 4.79 Å². The van der Waals surface area contributed by atoms with Crippen molar-refractivity contribution in [1.82, 2.24) is 9.62 Å². The van der Waals surface area contributed by atoms with Crippen molar-refractivity contribution < 1.29 is 17.9 Å². The summed E-state index contributed by atoms with van der Waals surface area (Å²) >= 11 is 0. The maximum absolute atomic E-state index is 12.9. The number of ether oxygens (including phenoxy) is 1. The molecule has 0 saturated carbocycles. The zero-order valence-electron chi connectivity index (χ0n) is 17.8. The number of benzene rings is 2. The molecule has 1 aliphatic heterocycles. The number of rotatable bonds is 7. The van der Waals surface area contributed by atoms with Crippen molar-refractivity contribution in [3.05, 3.63) is 54.1 Å². The molecular weight excluding hydrogens is 400 g/mol. The van der Waals surface area contributed by atoms with Gasteiger partial charge in [0, 0.05) is 25.2 Å². The number of carbonyl (C=O) groups is 1. The van der Waals surface area contributed by atoms with E-state index in [2.05, 4.69) is 5.32 Å². The second-order valence-corrected chi connectivity index (χ2v) is 10.0. The van der Waals surface area contributed by atoms with Crippen LogP contribution in [0.25, 0.3) is 11.1 Å². The van der Waals surface area contributed by atoms with Gasteiger partial charge in [0.25, 0.3) is 0 Å². The normalized spacial score (nSPS) is 19.0. The Kier molecular flexibility index (Phi) is 7.15. The van der Waals surface area contributed by atoms with Crippen LogP contribution in [0, 0.1) is 5.92 Å². The summed E-state index contributed by atoms with van der Waals surface area (Å²) in [6, 6.07) is 15.7. The molecule has 2 aromatic carbocycles. The van der Waals surface area contributed by atoms with Gasteiger partial charge in [0.1, 0.15) is 5.75 Å². The lowest BCUT2D eigenvalue weighted by Gasteiger charge is -2.26. The average Bonchev–Trinajstić information content (AvgIpc) is 2.95. The van der Waals surface area contributed by atoms with E-state index in [0.29, 0.717) is 25.9 Å². The van der Waals surface area contributed by atoms with Gasteiger partial charge in [-0.25, -0.2) is 8.42 Å². The van der Waals surface area contributed by atoms with Crippen LogP contribution in [0.4, 0.5) is 0 Å². The maximum atomic E-state index is 12.9. The molecular formula is C23H30N2O4S. The molecule has 1 N–H and O–H groups in total. The summed E-state index contributed by atoms with van der Waals surface area (Å²) in [5.74, 6) is 0.199. The van der Waals surface area contributed by atoms with Gasteiger partial charge in [-0.15, -0.1) is 0 Å². The van der Waals surface area contributed by atoms with E-state index in [1.165, 1.54) is 4.31 Å². The first-order valence-electron chi connectivity index (χ1n) is 10.4. The van der Waals surface area contributed by atoms with Crippen LogP contribution in [-0.2, 0) is 21.2 Å². The summed E-state index contributed by atoms with van der Waals surface area (Å²) in [7, 11) is -1.80. The molecule has 0 spiro atoms. The number of nitrogens with one attached hydrogen (secondary N) is 1. The molecule has 1 saturated heterocycles. The van der Waals surface area contributed by atoms with Gasteiger partial charge in [0.05, 0.1) is 18.3 Å². The first kappa shape index (κ1) is 22.3. The smallest absolute Gasteiger partial charge is 0.224 e. The third-order valence-electron chi connectivity index (χ3n) is 5.78. The molecule has 7 heteroatoms. The van der Waals surface area contributed by atoms with Crippen LogP contribution in [0.2, 0.25) is 0 Å². The second-order valence-electron chi connectivity index (χ2n) is 7.67. The number of hydrogen-bond acceptors (Lipinski definition) is 4. The SMILES string of the molecule is CC[C@H](C)S(=O)(=O)N1CCNC(=O)[C@@H](Cc2ccccc2-c2ccccc2OC)C1. The highest BCUT2D eigenvalue weighted by Crippen LogP contribution is 2.33. The molecule has 6 nitrogen and oxygen atoms in total. The lowest BCUT2D eigenvalue weighted by molar-refractivity contribution is -0.124. The number of amides is 1. The molecule has 0 bridgehead atoms. The summed E-state index contributed by atoms with van der Waals surface area (Å²) in [6.45, 7) is 4.42. The molecule has 1 heterocycles. The molecule has 1 fully saturated rings. The predicted octanol–water partition coefficient (Wildman–Crippen LogP) is 3.08. The minimum Gasteiger partial charge on any atom is -0.496 e. The Morgan fingerprint density at radius 2 is 1.80 bits per heavy atom. The molecule has 2 aromatic rings. The van der Waals surface area contributed by atoms with Crippen LogP contribution in [0.3, 0.4) is 0 Å². The van der Waals surface area contributed by atoms with Gasteiger partial charge in [-0.1, -0.05) is 49.4 Å². The highest BCUT2D eigenvalue weighted by molar-refractivity contribution is 7.89. The number of nitrogens with zero attached hydrogens (tertiary/aromatic N) is 1. The molecule has 162 valence electrons. The van der Waals surface area contributed by atoms with Gasteiger partial charge >= 0.3 is 0 Å². The standard InChI is InChI=1S/C23H30N2O4S/c1-4-17(2)30(27,28)25-14-13-24-23(26)19(16-25)15-18-9-5-6-10-20(18)21-11-7-8-12-22(21)29-3/h5-12,17,19H,4,13-16H2,1-3H3,(H,24,26)/t17-,19-/m0/s1. The van der Waals surface area contributed by atoms with Crippen LogP contribution < -0.4 is 10.1 Å². The van der Waals surface area contributed by atoms with Gasteiger partial charge in [-0.2, -0.15) is 4.31 Å². The first-order valence-corrected chi connectivity index (χ1v) is 11.9. The minimum atomic E-state index is -3.44. The Labute approximate surface area is 179 Å². The monoisotopic (exact) mass is 430 g/mol. The van der Waals surface area contributed by atoms with Crippen LogP contribution in [0.5, 0.6) is 5.75 Å². The quantitative estimate of drug-likeness (QED) is 0.732. The summed E-state index contributed by atoms with van der Waals surface area (Å²) in [4.78, 5) is 12.7. The van der Waals surface area contributed by atoms with Crippen molar-refractivity contribution in [1.29, 1.82) is 0 Å². The summed E-state index contributed by atoms with van der Waals surface area (Å²) < 4.78 is 32.8. The Morgan fingerprint density at radius 1 is 1.13 bits per heavy atom. The zero-order chi connectivity index (χ0) is 21.7. The Bertz CT molecular complexity index is 990. The molecule has 30 heavy (non-hydrogen) atoms. The number of sulfonamides is 1. The largest absolute Gasteiger partial charge is 0.496 e. The van der Waals surface area contributed by atoms with Gasteiger partial charge < -0.3 is 10.1 Å². The van der Waals surface area contributed by atoms with Gasteiger partial charge in [-0.05, 0) is 37.0 Å². The molecule has 0 aliphatic carbocycles. The fourth-order valence-electron chi connectivity index (χ4n) is 3.82. The van der Waals surface area contributed by atoms with E-state index in [1.807, 2.05) is 55.5 Å². The van der Waals surface area contributed by atoms with E-state index < -0.39 is 21.2 Å². The van der Waals surface area contributed by atoms with E-state index in [4.69, 9.17) is 4.74 Å². The molecule has 1 aliphatic rings. The molecule has 3 rings (SSSR count). The summed E-state index contributed by atoms with van der Waals surface area (Å²) in [5.41, 5.74) is 2.93.